The van der Waals surface area contributed by atoms with Crippen molar-refractivity contribution in [3.05, 3.63) is 53.6 Å². The highest BCUT2D eigenvalue weighted by Crippen LogP contribution is 2.32. The van der Waals surface area contributed by atoms with Gasteiger partial charge in [-0.1, -0.05) is 0 Å². The minimum atomic E-state index is -3.48. The molecular weight excluding hydrogens is 376 g/mol. The summed E-state index contributed by atoms with van der Waals surface area (Å²) in [4.78, 5) is 14.9. The Kier molecular flexibility index (Phi) is 4.89. The average molecular weight is 401 g/mol. The van der Waals surface area contributed by atoms with Crippen LogP contribution in [0, 0.1) is 5.92 Å². The first-order valence-electron chi connectivity index (χ1n) is 9.46. The maximum atomic E-state index is 12.9. The fourth-order valence-corrected chi connectivity index (χ4v) is 4.26. The van der Waals surface area contributed by atoms with E-state index in [2.05, 4.69) is 0 Å². The Bertz CT molecular complexity index is 996. The molecule has 0 spiro atoms. The van der Waals surface area contributed by atoms with Crippen molar-refractivity contribution < 1.29 is 17.9 Å². The molecule has 0 atom stereocenters. The monoisotopic (exact) mass is 400 g/mol. The van der Waals surface area contributed by atoms with Crippen LogP contribution in [0.4, 0.5) is 5.69 Å². The van der Waals surface area contributed by atoms with Gasteiger partial charge in [-0.3, -0.25) is 4.79 Å². The zero-order valence-corrected chi connectivity index (χ0v) is 16.9. The molecule has 0 N–H and O–H groups in total. The van der Waals surface area contributed by atoms with E-state index in [9.17, 15) is 13.2 Å². The highest BCUT2D eigenvalue weighted by Gasteiger charge is 2.28. The number of benzene rings is 2. The normalized spacial score (nSPS) is 16.3. The lowest BCUT2D eigenvalue weighted by Gasteiger charge is -2.18. The van der Waals surface area contributed by atoms with Gasteiger partial charge in [0, 0.05) is 31.9 Å². The zero-order valence-electron chi connectivity index (χ0n) is 16.1. The van der Waals surface area contributed by atoms with Crippen LogP contribution in [0.5, 0.6) is 5.75 Å². The molecule has 0 unspecified atom stereocenters. The van der Waals surface area contributed by atoms with Crippen molar-refractivity contribution in [3.63, 3.8) is 0 Å². The summed E-state index contributed by atoms with van der Waals surface area (Å²) < 4.78 is 31.6. The van der Waals surface area contributed by atoms with Gasteiger partial charge in [0.2, 0.25) is 10.0 Å². The number of amides is 1. The third kappa shape index (κ3) is 3.64. The van der Waals surface area contributed by atoms with E-state index in [1.165, 1.54) is 31.2 Å². The molecule has 1 heterocycles. The summed E-state index contributed by atoms with van der Waals surface area (Å²) in [5, 5.41) is 0. The molecule has 1 saturated carbocycles. The molecular formula is C21H24N2O4S. The number of sulfonamides is 1. The van der Waals surface area contributed by atoms with E-state index in [4.69, 9.17) is 4.74 Å². The fraction of sp³-hybridized carbons (Fsp3) is 0.381. The van der Waals surface area contributed by atoms with Gasteiger partial charge < -0.3 is 9.64 Å². The molecule has 7 heteroatoms. The van der Waals surface area contributed by atoms with E-state index in [0.29, 0.717) is 24.4 Å². The molecule has 2 aromatic rings. The van der Waals surface area contributed by atoms with Crippen molar-refractivity contribution in [1.82, 2.24) is 4.31 Å². The van der Waals surface area contributed by atoms with E-state index < -0.39 is 10.0 Å². The first-order chi connectivity index (χ1) is 13.4. The van der Waals surface area contributed by atoms with Gasteiger partial charge in [0.15, 0.2) is 0 Å². The summed E-state index contributed by atoms with van der Waals surface area (Å²) in [6.45, 7) is 1.28. The molecule has 0 radical (unpaired) electrons. The minimum absolute atomic E-state index is 0.0873. The lowest BCUT2D eigenvalue weighted by Crippen LogP contribution is -2.28. The summed E-state index contributed by atoms with van der Waals surface area (Å²) in [5.74, 6) is 1.38. The van der Waals surface area contributed by atoms with Crippen LogP contribution < -0.4 is 9.64 Å². The summed E-state index contributed by atoms with van der Waals surface area (Å²) >= 11 is 0. The van der Waals surface area contributed by atoms with E-state index in [1.54, 1.807) is 35.2 Å². The number of nitrogens with zero attached hydrogens (tertiary/aromatic N) is 2. The molecule has 6 nitrogen and oxygen atoms in total. The SMILES string of the molecule is CN(C)S(=O)(=O)c1ccc2c(c1)CCN2C(=O)c1ccc(OCC2CC2)cc1. The van der Waals surface area contributed by atoms with Gasteiger partial charge in [0.1, 0.15) is 5.75 Å². The number of rotatable bonds is 6. The summed E-state index contributed by atoms with van der Waals surface area (Å²) in [7, 11) is -0.464. The minimum Gasteiger partial charge on any atom is -0.493 e. The lowest BCUT2D eigenvalue weighted by atomic mass is 10.1. The molecule has 0 bridgehead atoms. The molecule has 148 valence electrons. The van der Waals surface area contributed by atoms with Crippen LogP contribution in [0.25, 0.3) is 0 Å². The van der Waals surface area contributed by atoms with E-state index in [1.807, 2.05) is 12.1 Å². The van der Waals surface area contributed by atoms with E-state index in [0.717, 1.165) is 23.6 Å². The average Bonchev–Trinajstić information content (AvgIpc) is 3.43. The number of ether oxygens (including phenoxy) is 1. The third-order valence-corrected chi connectivity index (χ3v) is 7.07. The van der Waals surface area contributed by atoms with Gasteiger partial charge >= 0.3 is 0 Å². The van der Waals surface area contributed by atoms with Gasteiger partial charge in [-0.15, -0.1) is 0 Å². The van der Waals surface area contributed by atoms with Crippen molar-refractivity contribution >= 4 is 21.6 Å². The third-order valence-electron chi connectivity index (χ3n) is 5.25. The predicted molar refractivity (Wildman–Crippen MR) is 107 cm³/mol. The Morgan fingerprint density at radius 3 is 2.50 bits per heavy atom. The molecule has 1 aliphatic carbocycles. The maximum absolute atomic E-state index is 12.9. The Morgan fingerprint density at radius 2 is 1.86 bits per heavy atom. The van der Waals surface area contributed by atoms with Crippen molar-refractivity contribution in [2.75, 3.05) is 32.1 Å². The molecule has 4 rings (SSSR count). The van der Waals surface area contributed by atoms with Gasteiger partial charge in [0.25, 0.3) is 5.91 Å². The molecule has 2 aliphatic rings. The quantitative estimate of drug-likeness (QED) is 0.748. The summed E-state index contributed by atoms with van der Waals surface area (Å²) in [6.07, 6.45) is 3.12. The second-order valence-electron chi connectivity index (χ2n) is 7.56. The molecule has 1 aliphatic heterocycles. The topological polar surface area (TPSA) is 66.9 Å². The summed E-state index contributed by atoms with van der Waals surface area (Å²) in [6, 6.07) is 12.2. The van der Waals surface area contributed by atoms with Gasteiger partial charge in [-0.2, -0.15) is 0 Å². The van der Waals surface area contributed by atoms with Crippen molar-refractivity contribution in [2.45, 2.75) is 24.2 Å². The van der Waals surface area contributed by atoms with Crippen LogP contribution in [0.3, 0.4) is 0 Å². The first-order valence-corrected chi connectivity index (χ1v) is 10.9. The van der Waals surface area contributed by atoms with Crippen LogP contribution in [-0.2, 0) is 16.4 Å². The Hall–Kier alpha value is -2.38. The van der Waals surface area contributed by atoms with Gasteiger partial charge in [-0.25, -0.2) is 12.7 Å². The van der Waals surface area contributed by atoms with Crippen LogP contribution in [0.15, 0.2) is 47.4 Å². The van der Waals surface area contributed by atoms with E-state index >= 15 is 0 Å². The number of hydrogen-bond acceptors (Lipinski definition) is 4. The molecule has 0 aromatic heterocycles. The number of anilines is 1. The second kappa shape index (κ2) is 7.22. The summed E-state index contributed by atoms with van der Waals surface area (Å²) in [5.41, 5.74) is 2.24. The first kappa shape index (κ1) is 19.0. The zero-order chi connectivity index (χ0) is 19.9. The Labute approximate surface area is 165 Å². The number of hydrogen-bond donors (Lipinski definition) is 0. The van der Waals surface area contributed by atoms with Gasteiger partial charge in [0.05, 0.1) is 11.5 Å². The lowest BCUT2D eigenvalue weighted by molar-refractivity contribution is 0.0989. The molecule has 2 aromatic carbocycles. The Morgan fingerprint density at radius 1 is 1.14 bits per heavy atom. The fourth-order valence-electron chi connectivity index (χ4n) is 3.31. The van der Waals surface area contributed by atoms with Crippen LogP contribution in [0.1, 0.15) is 28.8 Å². The van der Waals surface area contributed by atoms with Gasteiger partial charge in [-0.05, 0) is 73.2 Å². The standard InChI is InChI=1S/C21H24N2O4S/c1-22(2)28(25,26)19-9-10-20-17(13-19)11-12-23(20)21(24)16-5-7-18(8-6-16)27-14-15-3-4-15/h5-10,13,15H,3-4,11-12,14H2,1-2H3. The predicted octanol–water partition coefficient (Wildman–Crippen LogP) is 2.93. The van der Waals surface area contributed by atoms with Crippen molar-refractivity contribution in [3.8, 4) is 5.75 Å². The van der Waals surface area contributed by atoms with Crippen LogP contribution in [-0.4, -0.2) is 45.9 Å². The highest BCUT2D eigenvalue weighted by atomic mass is 32.2. The molecule has 1 amide bonds. The molecule has 0 saturated heterocycles. The smallest absolute Gasteiger partial charge is 0.258 e. The Balaban J connectivity index is 1.51. The van der Waals surface area contributed by atoms with E-state index in [-0.39, 0.29) is 10.8 Å². The van der Waals surface area contributed by atoms with Crippen molar-refractivity contribution in [2.24, 2.45) is 5.92 Å². The van der Waals surface area contributed by atoms with Crippen LogP contribution >= 0.6 is 0 Å². The van der Waals surface area contributed by atoms with Crippen LogP contribution in [0.2, 0.25) is 0 Å². The maximum Gasteiger partial charge on any atom is 0.258 e. The number of carbonyl (C=O) groups is 1. The largest absolute Gasteiger partial charge is 0.493 e. The molecule has 28 heavy (non-hydrogen) atoms. The number of fused-ring (bicyclic) bond motifs is 1. The number of carbonyl (C=O) groups excluding carboxylic acids is 1. The highest BCUT2D eigenvalue weighted by molar-refractivity contribution is 7.89. The van der Waals surface area contributed by atoms with Crippen molar-refractivity contribution in [1.29, 1.82) is 0 Å². The molecule has 1 fully saturated rings. The second-order valence-corrected chi connectivity index (χ2v) is 9.72.